The predicted molar refractivity (Wildman–Crippen MR) is 54.4 cm³/mol. The van der Waals surface area contributed by atoms with E-state index >= 15 is 0 Å². The minimum Gasteiger partial charge on any atom is -0.481 e. The van der Waals surface area contributed by atoms with Crippen LogP contribution >= 0.6 is 0 Å². The summed E-state index contributed by atoms with van der Waals surface area (Å²) in [6, 6.07) is 10.2. The average Bonchev–Trinajstić information content (AvgIpc) is 2.67. The first-order valence-electron chi connectivity index (χ1n) is 4.50. The van der Waals surface area contributed by atoms with Gasteiger partial charge in [-0.3, -0.25) is 0 Å². The normalized spacial score (nSPS) is 10.1. The van der Waals surface area contributed by atoms with Crippen molar-refractivity contribution in [1.29, 1.82) is 0 Å². The molecule has 3 heteroatoms. The third kappa shape index (κ3) is 1.93. The van der Waals surface area contributed by atoms with E-state index < -0.39 is 0 Å². The summed E-state index contributed by atoms with van der Waals surface area (Å²) in [7, 11) is 1.62. The van der Waals surface area contributed by atoms with Gasteiger partial charge < -0.3 is 9.72 Å². The van der Waals surface area contributed by atoms with Crippen LogP contribution in [0.1, 0.15) is 11.4 Å². The second kappa shape index (κ2) is 3.96. The molecule has 0 fully saturated rings. The first-order chi connectivity index (χ1) is 6.88. The molecule has 1 heterocycles. The zero-order chi connectivity index (χ0) is 9.80. The molecule has 0 unspecified atom stereocenters. The molecule has 0 aliphatic heterocycles. The van der Waals surface area contributed by atoms with Crippen LogP contribution in [0.15, 0.2) is 36.5 Å². The lowest BCUT2D eigenvalue weighted by atomic mass is 10.1. The molecule has 0 saturated carbocycles. The Morgan fingerprint density at radius 2 is 2.07 bits per heavy atom. The Morgan fingerprint density at radius 1 is 1.29 bits per heavy atom. The summed E-state index contributed by atoms with van der Waals surface area (Å²) in [4.78, 5) is 7.28. The monoisotopic (exact) mass is 188 g/mol. The molecule has 0 bridgehead atoms. The molecular formula is C11H12N2O. The summed E-state index contributed by atoms with van der Waals surface area (Å²) < 4.78 is 5.01. The molecule has 2 rings (SSSR count). The van der Waals surface area contributed by atoms with Crippen LogP contribution in [0.2, 0.25) is 0 Å². The van der Waals surface area contributed by atoms with Gasteiger partial charge in [-0.05, 0) is 5.56 Å². The van der Waals surface area contributed by atoms with E-state index in [9.17, 15) is 0 Å². The summed E-state index contributed by atoms with van der Waals surface area (Å²) in [5, 5.41) is 0. The highest BCUT2D eigenvalue weighted by Gasteiger charge is 2.00. The van der Waals surface area contributed by atoms with Crippen molar-refractivity contribution in [1.82, 2.24) is 9.97 Å². The quantitative estimate of drug-likeness (QED) is 0.800. The van der Waals surface area contributed by atoms with E-state index in [4.69, 9.17) is 4.74 Å². The Hall–Kier alpha value is -1.77. The molecule has 0 radical (unpaired) electrons. The smallest absolute Gasteiger partial charge is 0.210 e. The molecule has 0 atom stereocenters. The summed E-state index contributed by atoms with van der Waals surface area (Å²) in [5.41, 5.74) is 1.24. The van der Waals surface area contributed by atoms with Crippen molar-refractivity contribution in [3.8, 4) is 5.88 Å². The number of nitrogens with zero attached hydrogens (tertiary/aromatic N) is 1. The number of rotatable bonds is 3. The van der Waals surface area contributed by atoms with E-state index in [1.807, 2.05) is 18.2 Å². The number of nitrogens with one attached hydrogen (secondary N) is 1. The molecule has 3 nitrogen and oxygen atoms in total. The maximum Gasteiger partial charge on any atom is 0.210 e. The number of aromatic nitrogens is 2. The summed E-state index contributed by atoms with van der Waals surface area (Å²) in [5.74, 6) is 1.63. The molecule has 1 aromatic heterocycles. The summed E-state index contributed by atoms with van der Waals surface area (Å²) >= 11 is 0. The van der Waals surface area contributed by atoms with Gasteiger partial charge in [0.05, 0.1) is 13.3 Å². The summed E-state index contributed by atoms with van der Waals surface area (Å²) in [6.45, 7) is 0. The van der Waals surface area contributed by atoms with Gasteiger partial charge in [0.25, 0.3) is 0 Å². The zero-order valence-electron chi connectivity index (χ0n) is 8.03. The first-order valence-corrected chi connectivity index (χ1v) is 4.50. The molecule has 0 aliphatic rings. The second-order valence-corrected chi connectivity index (χ2v) is 3.06. The van der Waals surface area contributed by atoms with Crippen molar-refractivity contribution in [3.05, 3.63) is 47.9 Å². The van der Waals surface area contributed by atoms with E-state index in [1.165, 1.54) is 5.56 Å². The molecule has 1 aromatic carbocycles. The van der Waals surface area contributed by atoms with E-state index in [0.29, 0.717) is 5.88 Å². The van der Waals surface area contributed by atoms with Crippen molar-refractivity contribution in [2.75, 3.05) is 7.11 Å². The minimum absolute atomic E-state index is 0.705. The third-order valence-corrected chi connectivity index (χ3v) is 2.04. The molecule has 0 spiro atoms. The predicted octanol–water partition coefficient (Wildman–Crippen LogP) is 2.01. The van der Waals surface area contributed by atoms with Gasteiger partial charge in [0.15, 0.2) is 0 Å². The van der Waals surface area contributed by atoms with Crippen molar-refractivity contribution in [2.45, 2.75) is 6.42 Å². The average molecular weight is 188 g/mol. The molecule has 1 N–H and O–H groups in total. The van der Waals surface area contributed by atoms with Crippen LogP contribution in [0.5, 0.6) is 5.88 Å². The van der Waals surface area contributed by atoms with Crippen molar-refractivity contribution < 1.29 is 4.74 Å². The van der Waals surface area contributed by atoms with Crippen LogP contribution in [-0.2, 0) is 6.42 Å². The highest BCUT2D eigenvalue weighted by Crippen LogP contribution is 2.09. The second-order valence-electron chi connectivity index (χ2n) is 3.06. The number of benzene rings is 1. The minimum atomic E-state index is 0.705. The highest BCUT2D eigenvalue weighted by molar-refractivity contribution is 5.20. The number of hydrogen-bond acceptors (Lipinski definition) is 2. The summed E-state index contributed by atoms with van der Waals surface area (Å²) in [6.07, 6.45) is 2.50. The molecule has 0 aliphatic carbocycles. The van der Waals surface area contributed by atoms with Crippen LogP contribution in [-0.4, -0.2) is 17.1 Å². The molecule has 72 valence electrons. The Morgan fingerprint density at radius 3 is 2.71 bits per heavy atom. The number of aromatic amines is 1. The van der Waals surface area contributed by atoms with Gasteiger partial charge in [0.2, 0.25) is 5.88 Å². The lowest BCUT2D eigenvalue weighted by Gasteiger charge is -1.96. The fourth-order valence-corrected chi connectivity index (χ4v) is 1.33. The number of methoxy groups -OCH3 is 1. The topological polar surface area (TPSA) is 37.9 Å². The Bertz CT molecular complexity index is 395. The number of hydrogen-bond donors (Lipinski definition) is 1. The van der Waals surface area contributed by atoms with Gasteiger partial charge in [0.1, 0.15) is 5.82 Å². The van der Waals surface area contributed by atoms with Gasteiger partial charge in [-0.25, -0.2) is 4.98 Å². The Labute approximate surface area is 82.8 Å². The van der Waals surface area contributed by atoms with Gasteiger partial charge in [-0.15, -0.1) is 0 Å². The number of imidazole rings is 1. The van der Waals surface area contributed by atoms with Gasteiger partial charge in [-0.2, -0.15) is 0 Å². The lowest BCUT2D eigenvalue weighted by molar-refractivity contribution is 0.399. The maximum atomic E-state index is 5.01. The van der Waals surface area contributed by atoms with Crippen molar-refractivity contribution >= 4 is 0 Å². The number of ether oxygens (including phenoxy) is 1. The van der Waals surface area contributed by atoms with Crippen LogP contribution in [0.4, 0.5) is 0 Å². The van der Waals surface area contributed by atoms with Gasteiger partial charge in [-0.1, -0.05) is 30.3 Å². The van der Waals surface area contributed by atoms with Crippen LogP contribution < -0.4 is 4.74 Å². The molecule has 0 amide bonds. The highest BCUT2D eigenvalue weighted by atomic mass is 16.5. The van der Waals surface area contributed by atoms with Crippen molar-refractivity contribution in [3.63, 3.8) is 0 Å². The standard InChI is InChI=1S/C11H12N2O/c1-14-11-8-12-10(13-11)7-9-5-3-2-4-6-9/h2-6,8H,7H2,1H3,(H,12,13). The third-order valence-electron chi connectivity index (χ3n) is 2.04. The van der Waals surface area contributed by atoms with Gasteiger partial charge in [0, 0.05) is 6.42 Å². The van der Waals surface area contributed by atoms with Gasteiger partial charge >= 0.3 is 0 Å². The molecule has 2 aromatic rings. The Kier molecular flexibility index (Phi) is 2.49. The van der Waals surface area contributed by atoms with E-state index in [1.54, 1.807) is 13.3 Å². The molecule has 14 heavy (non-hydrogen) atoms. The van der Waals surface area contributed by atoms with Crippen molar-refractivity contribution in [2.24, 2.45) is 0 Å². The van der Waals surface area contributed by atoms with Crippen LogP contribution in [0.3, 0.4) is 0 Å². The Balaban J connectivity index is 2.11. The lowest BCUT2D eigenvalue weighted by Crippen LogP contribution is -1.90. The SMILES string of the molecule is COc1cnc(Cc2ccccc2)[nH]1. The fourth-order valence-electron chi connectivity index (χ4n) is 1.33. The zero-order valence-corrected chi connectivity index (χ0v) is 8.03. The number of H-pyrrole nitrogens is 1. The van der Waals surface area contributed by atoms with Crippen LogP contribution in [0, 0.1) is 0 Å². The molecular weight excluding hydrogens is 176 g/mol. The van der Waals surface area contributed by atoms with E-state index in [2.05, 4.69) is 22.1 Å². The van der Waals surface area contributed by atoms with E-state index in [0.717, 1.165) is 12.2 Å². The van der Waals surface area contributed by atoms with Crippen LogP contribution in [0.25, 0.3) is 0 Å². The fraction of sp³-hybridized carbons (Fsp3) is 0.182. The largest absolute Gasteiger partial charge is 0.481 e. The van der Waals surface area contributed by atoms with E-state index in [-0.39, 0.29) is 0 Å². The molecule has 0 saturated heterocycles. The first kappa shape index (κ1) is 8.81. The maximum absolute atomic E-state index is 5.01.